The number of carbonyl (C=O) groups excluding carboxylic acids is 1. The predicted octanol–water partition coefficient (Wildman–Crippen LogP) is 1.91. The first-order valence-corrected chi connectivity index (χ1v) is 6.75. The van der Waals surface area contributed by atoms with E-state index in [-0.39, 0.29) is 11.3 Å². The molecule has 0 aliphatic rings. The van der Waals surface area contributed by atoms with Crippen LogP contribution in [0.2, 0.25) is 5.02 Å². The fourth-order valence-electron chi connectivity index (χ4n) is 1.81. The minimum absolute atomic E-state index is 0.287. The molecular formula is C14H12ClN3O4. The molecule has 0 saturated heterocycles. The van der Waals surface area contributed by atoms with Gasteiger partial charge in [0.05, 0.1) is 11.1 Å². The number of benzene rings is 1. The van der Waals surface area contributed by atoms with Crippen molar-refractivity contribution in [2.45, 2.75) is 6.42 Å². The third kappa shape index (κ3) is 3.92. The number of hydrogen-bond acceptors (Lipinski definition) is 4. The van der Waals surface area contributed by atoms with Gasteiger partial charge in [0.2, 0.25) is 0 Å². The van der Waals surface area contributed by atoms with Gasteiger partial charge in [0.25, 0.3) is 17.2 Å². The predicted molar refractivity (Wildman–Crippen MR) is 81.2 cm³/mol. The molecule has 2 N–H and O–H groups in total. The summed E-state index contributed by atoms with van der Waals surface area (Å²) < 4.78 is 0. The average Bonchev–Trinajstić information content (AvgIpc) is 2.49. The van der Waals surface area contributed by atoms with Crippen LogP contribution in [-0.2, 0) is 6.42 Å². The first kappa shape index (κ1) is 15.7. The lowest BCUT2D eigenvalue weighted by atomic mass is 10.1. The number of nitro groups is 1. The number of H-pyrrole nitrogens is 1. The summed E-state index contributed by atoms with van der Waals surface area (Å²) in [4.78, 5) is 35.6. The highest BCUT2D eigenvalue weighted by Gasteiger charge is 2.15. The smallest absolute Gasteiger partial charge is 0.286 e. The molecule has 0 aliphatic heterocycles. The Hall–Kier alpha value is -2.67. The number of amides is 1. The Balaban J connectivity index is 2.00. The molecule has 0 fully saturated rings. The van der Waals surface area contributed by atoms with E-state index in [9.17, 15) is 19.7 Å². The van der Waals surface area contributed by atoms with Gasteiger partial charge in [-0.2, -0.15) is 0 Å². The van der Waals surface area contributed by atoms with Crippen molar-refractivity contribution in [1.82, 2.24) is 10.3 Å². The van der Waals surface area contributed by atoms with Gasteiger partial charge in [0.1, 0.15) is 5.56 Å². The van der Waals surface area contributed by atoms with Crippen molar-refractivity contribution in [3.63, 3.8) is 0 Å². The molecule has 0 atom stereocenters. The van der Waals surface area contributed by atoms with E-state index in [4.69, 9.17) is 11.6 Å². The number of nitrogens with one attached hydrogen (secondary N) is 2. The summed E-state index contributed by atoms with van der Waals surface area (Å²) in [7, 11) is 0. The van der Waals surface area contributed by atoms with Crippen molar-refractivity contribution < 1.29 is 9.72 Å². The summed E-state index contributed by atoms with van der Waals surface area (Å²) in [5.74, 6) is -0.654. The number of carbonyl (C=O) groups is 1. The lowest BCUT2D eigenvalue weighted by Crippen LogP contribution is -2.31. The Bertz CT molecular complexity index is 755. The van der Waals surface area contributed by atoms with Crippen molar-refractivity contribution >= 4 is 23.2 Å². The van der Waals surface area contributed by atoms with Crippen LogP contribution in [0.25, 0.3) is 0 Å². The van der Waals surface area contributed by atoms with E-state index >= 15 is 0 Å². The Morgan fingerprint density at radius 1 is 1.32 bits per heavy atom. The van der Waals surface area contributed by atoms with Crippen LogP contribution < -0.4 is 10.9 Å². The molecule has 7 nitrogen and oxygen atoms in total. The molecule has 0 saturated carbocycles. The van der Waals surface area contributed by atoms with Gasteiger partial charge in [-0.05, 0) is 24.1 Å². The van der Waals surface area contributed by atoms with Crippen LogP contribution in [0, 0.1) is 10.1 Å². The lowest BCUT2D eigenvalue weighted by Gasteiger charge is -2.05. The number of nitrogens with zero attached hydrogens (tertiary/aromatic N) is 1. The van der Waals surface area contributed by atoms with Crippen LogP contribution in [-0.4, -0.2) is 22.4 Å². The van der Waals surface area contributed by atoms with E-state index in [0.717, 1.165) is 17.8 Å². The van der Waals surface area contributed by atoms with Crippen LogP contribution in [0.1, 0.15) is 15.9 Å². The minimum atomic E-state index is -0.680. The Morgan fingerprint density at radius 3 is 2.64 bits per heavy atom. The molecule has 0 unspecified atom stereocenters. The number of pyridine rings is 1. The van der Waals surface area contributed by atoms with Crippen molar-refractivity contribution in [3.05, 3.63) is 73.1 Å². The van der Waals surface area contributed by atoms with E-state index in [1.54, 1.807) is 12.1 Å². The zero-order valence-corrected chi connectivity index (χ0v) is 12.1. The summed E-state index contributed by atoms with van der Waals surface area (Å²) in [6.45, 7) is 0.294. The summed E-state index contributed by atoms with van der Waals surface area (Å²) in [6.07, 6.45) is 1.50. The molecular weight excluding hydrogens is 310 g/mol. The van der Waals surface area contributed by atoms with Crippen molar-refractivity contribution in [1.29, 1.82) is 0 Å². The molecule has 1 amide bonds. The maximum Gasteiger partial charge on any atom is 0.286 e. The SMILES string of the molecule is O=C(NCCc1ccc(Cl)cc1)c1cc([N+](=O)[O-])c[nH]c1=O. The van der Waals surface area contributed by atoms with Crippen molar-refractivity contribution in [3.8, 4) is 0 Å². The Kier molecular flexibility index (Phi) is 4.90. The first-order chi connectivity index (χ1) is 10.5. The number of halogens is 1. The standard InChI is InChI=1S/C14H12ClN3O4/c15-10-3-1-9(2-4-10)5-6-16-13(19)12-7-11(18(21)22)8-17-14(12)20/h1-4,7-8H,5-6H2,(H,16,19)(H,17,20). The molecule has 0 spiro atoms. The van der Waals surface area contributed by atoms with Gasteiger partial charge in [-0.25, -0.2) is 0 Å². The maximum absolute atomic E-state index is 11.9. The van der Waals surface area contributed by atoms with Gasteiger partial charge in [0, 0.05) is 17.6 Å². The first-order valence-electron chi connectivity index (χ1n) is 6.37. The molecule has 2 aromatic rings. The van der Waals surface area contributed by atoms with Crippen LogP contribution >= 0.6 is 11.6 Å². The second-order valence-electron chi connectivity index (χ2n) is 4.49. The molecule has 0 bridgehead atoms. The van der Waals surface area contributed by atoms with Gasteiger partial charge in [-0.1, -0.05) is 23.7 Å². The van der Waals surface area contributed by atoms with Gasteiger partial charge < -0.3 is 10.3 Å². The summed E-state index contributed by atoms with van der Waals surface area (Å²) in [5.41, 5.74) is -0.333. The van der Waals surface area contributed by atoms with Gasteiger partial charge in [0.15, 0.2) is 0 Å². The Labute approximate surface area is 130 Å². The topological polar surface area (TPSA) is 105 Å². The van der Waals surface area contributed by atoms with Gasteiger partial charge >= 0.3 is 0 Å². The fraction of sp³-hybridized carbons (Fsp3) is 0.143. The fourth-order valence-corrected chi connectivity index (χ4v) is 1.94. The third-order valence-electron chi connectivity index (χ3n) is 2.96. The van der Waals surface area contributed by atoms with Crippen LogP contribution in [0.5, 0.6) is 0 Å². The van der Waals surface area contributed by atoms with E-state index in [0.29, 0.717) is 18.0 Å². The zero-order valence-electron chi connectivity index (χ0n) is 11.3. The van der Waals surface area contributed by atoms with E-state index in [1.807, 2.05) is 12.1 Å². The highest BCUT2D eigenvalue weighted by molar-refractivity contribution is 6.30. The van der Waals surface area contributed by atoms with Crippen molar-refractivity contribution in [2.75, 3.05) is 6.54 Å². The van der Waals surface area contributed by atoms with Crippen LogP contribution in [0.15, 0.2) is 41.3 Å². The summed E-state index contributed by atoms with van der Waals surface area (Å²) in [5, 5.41) is 13.8. The molecule has 0 aliphatic carbocycles. The van der Waals surface area contributed by atoms with E-state index in [2.05, 4.69) is 10.3 Å². The molecule has 0 radical (unpaired) electrons. The molecule has 1 aromatic carbocycles. The Morgan fingerprint density at radius 2 is 2.00 bits per heavy atom. The summed E-state index contributed by atoms with van der Waals surface area (Å²) >= 11 is 5.77. The highest BCUT2D eigenvalue weighted by atomic mass is 35.5. The van der Waals surface area contributed by atoms with Crippen LogP contribution in [0.4, 0.5) is 5.69 Å². The monoisotopic (exact) mass is 321 g/mol. The largest absolute Gasteiger partial charge is 0.352 e. The molecule has 1 heterocycles. The molecule has 8 heteroatoms. The normalized spacial score (nSPS) is 10.2. The second kappa shape index (κ2) is 6.86. The number of aromatic amines is 1. The molecule has 2 rings (SSSR count). The number of hydrogen-bond donors (Lipinski definition) is 2. The summed E-state index contributed by atoms with van der Waals surface area (Å²) in [6, 6.07) is 8.09. The molecule has 1 aromatic heterocycles. The molecule has 114 valence electrons. The number of rotatable bonds is 5. The molecule has 22 heavy (non-hydrogen) atoms. The van der Waals surface area contributed by atoms with E-state index < -0.39 is 16.4 Å². The van der Waals surface area contributed by atoms with Crippen molar-refractivity contribution in [2.24, 2.45) is 0 Å². The number of aromatic nitrogens is 1. The quantitative estimate of drug-likeness (QED) is 0.648. The zero-order chi connectivity index (χ0) is 16.1. The van der Waals surface area contributed by atoms with Gasteiger partial charge in [-0.3, -0.25) is 19.7 Å². The highest BCUT2D eigenvalue weighted by Crippen LogP contribution is 2.10. The third-order valence-corrected chi connectivity index (χ3v) is 3.21. The second-order valence-corrected chi connectivity index (χ2v) is 4.93. The average molecular weight is 322 g/mol. The lowest BCUT2D eigenvalue weighted by molar-refractivity contribution is -0.385. The van der Waals surface area contributed by atoms with Gasteiger partial charge in [-0.15, -0.1) is 0 Å². The minimum Gasteiger partial charge on any atom is -0.352 e. The maximum atomic E-state index is 11.9. The van der Waals surface area contributed by atoms with E-state index in [1.165, 1.54) is 0 Å². The van der Waals surface area contributed by atoms with Crippen LogP contribution in [0.3, 0.4) is 0 Å².